The quantitative estimate of drug-likeness (QED) is 0.939. The molecular weight excluding hydrogens is 296 g/mol. The average molecular weight is 311 g/mol. The van der Waals surface area contributed by atoms with E-state index in [2.05, 4.69) is 44.9 Å². The first-order chi connectivity index (χ1) is 8.58. The molecule has 0 radical (unpaired) electrons. The number of rotatable bonds is 4. The summed E-state index contributed by atoms with van der Waals surface area (Å²) in [7, 11) is 0. The van der Waals surface area contributed by atoms with E-state index in [-0.39, 0.29) is 6.04 Å². The van der Waals surface area contributed by atoms with Crippen LogP contribution in [0.4, 0.5) is 0 Å². The van der Waals surface area contributed by atoms with Crippen molar-refractivity contribution in [2.75, 3.05) is 0 Å². The average Bonchev–Trinajstić information content (AvgIpc) is 2.78. The molecule has 96 valence electrons. The van der Waals surface area contributed by atoms with Gasteiger partial charge >= 0.3 is 0 Å². The van der Waals surface area contributed by atoms with Crippen molar-refractivity contribution in [3.63, 3.8) is 0 Å². The van der Waals surface area contributed by atoms with E-state index >= 15 is 0 Å². The van der Waals surface area contributed by atoms with E-state index in [1.54, 1.807) is 6.20 Å². The monoisotopic (exact) mass is 310 g/mol. The van der Waals surface area contributed by atoms with Gasteiger partial charge in [0.25, 0.3) is 0 Å². The van der Waals surface area contributed by atoms with Crippen LogP contribution in [0, 0.1) is 5.92 Å². The van der Waals surface area contributed by atoms with Crippen LogP contribution in [0.2, 0.25) is 0 Å². The van der Waals surface area contributed by atoms with Gasteiger partial charge in [-0.3, -0.25) is 4.98 Å². The van der Waals surface area contributed by atoms with Crippen LogP contribution in [0.1, 0.15) is 32.2 Å². The van der Waals surface area contributed by atoms with Gasteiger partial charge in [0.15, 0.2) is 0 Å². The second-order valence-electron chi connectivity index (χ2n) is 4.53. The molecule has 0 spiro atoms. The molecule has 2 heterocycles. The number of hydrogen-bond acceptors (Lipinski definition) is 5. The second kappa shape index (κ2) is 5.58. The number of pyridine rings is 1. The highest BCUT2D eigenvalue weighted by atomic mass is 79.9. The largest absolute Gasteiger partial charge is 0.337 e. The molecule has 2 aromatic heterocycles. The number of hydrogen-bond donors (Lipinski definition) is 1. The predicted molar refractivity (Wildman–Crippen MR) is 71.6 cm³/mol. The summed E-state index contributed by atoms with van der Waals surface area (Å²) >= 11 is 3.40. The number of halogens is 1. The van der Waals surface area contributed by atoms with Gasteiger partial charge in [0, 0.05) is 10.7 Å². The molecule has 2 N–H and O–H groups in total. The minimum atomic E-state index is -0.228. The number of nitrogens with two attached hydrogens (primary N) is 1. The molecule has 1 atom stereocenters. The van der Waals surface area contributed by atoms with Crippen LogP contribution in [-0.2, 0) is 0 Å². The van der Waals surface area contributed by atoms with Crippen molar-refractivity contribution < 1.29 is 4.52 Å². The van der Waals surface area contributed by atoms with Crippen molar-refractivity contribution in [3.05, 3.63) is 28.7 Å². The van der Waals surface area contributed by atoms with E-state index < -0.39 is 0 Å². The van der Waals surface area contributed by atoms with Gasteiger partial charge in [0.05, 0.1) is 6.04 Å². The normalized spacial score (nSPS) is 12.9. The standard InChI is InChI=1S/C12H15BrN4O/c1-7(2)6-9(14)12-16-11(17-18-12)10-8(13)4-3-5-15-10/h3-5,7,9H,6,14H2,1-2H3/t9-/m1/s1. The Morgan fingerprint density at radius 3 is 2.89 bits per heavy atom. The first-order valence-electron chi connectivity index (χ1n) is 5.78. The summed E-state index contributed by atoms with van der Waals surface area (Å²) in [6, 6.07) is 3.49. The SMILES string of the molecule is CC(C)C[C@@H](N)c1nc(-c2ncccc2Br)no1. The van der Waals surface area contributed by atoms with Crippen LogP contribution >= 0.6 is 15.9 Å². The molecule has 0 saturated heterocycles. The topological polar surface area (TPSA) is 77.8 Å². The Bertz CT molecular complexity index is 526. The summed E-state index contributed by atoms with van der Waals surface area (Å²) in [6.45, 7) is 4.21. The molecule has 6 heteroatoms. The van der Waals surface area contributed by atoms with E-state index in [0.717, 1.165) is 10.9 Å². The molecule has 0 saturated carbocycles. The van der Waals surface area contributed by atoms with Crippen molar-refractivity contribution in [2.24, 2.45) is 11.7 Å². The Labute approximate surface area is 114 Å². The predicted octanol–water partition coefficient (Wildman–Crippen LogP) is 2.94. The minimum Gasteiger partial charge on any atom is -0.337 e. The summed E-state index contributed by atoms with van der Waals surface area (Å²) in [5.74, 6) is 1.39. The van der Waals surface area contributed by atoms with Gasteiger partial charge in [-0.15, -0.1) is 0 Å². The second-order valence-corrected chi connectivity index (χ2v) is 5.38. The maximum atomic E-state index is 6.00. The maximum Gasteiger partial charge on any atom is 0.243 e. The van der Waals surface area contributed by atoms with Crippen LogP contribution in [0.5, 0.6) is 0 Å². The first-order valence-corrected chi connectivity index (χ1v) is 6.57. The van der Waals surface area contributed by atoms with E-state index in [4.69, 9.17) is 10.3 Å². The van der Waals surface area contributed by atoms with Gasteiger partial charge < -0.3 is 10.3 Å². The van der Waals surface area contributed by atoms with E-state index in [1.807, 2.05) is 12.1 Å². The Morgan fingerprint density at radius 1 is 1.44 bits per heavy atom. The fourth-order valence-corrected chi connectivity index (χ4v) is 2.07. The third kappa shape index (κ3) is 2.94. The van der Waals surface area contributed by atoms with Crippen LogP contribution < -0.4 is 5.73 Å². The lowest BCUT2D eigenvalue weighted by molar-refractivity contribution is 0.335. The zero-order valence-corrected chi connectivity index (χ0v) is 11.9. The Kier molecular flexibility index (Phi) is 4.08. The maximum absolute atomic E-state index is 6.00. The Hall–Kier alpha value is -1.27. The number of nitrogens with zero attached hydrogens (tertiary/aromatic N) is 3. The van der Waals surface area contributed by atoms with E-state index in [1.165, 1.54) is 0 Å². The molecule has 2 aromatic rings. The molecule has 0 fully saturated rings. The van der Waals surface area contributed by atoms with Crippen LogP contribution in [0.25, 0.3) is 11.5 Å². The van der Waals surface area contributed by atoms with Crippen molar-refractivity contribution in [1.29, 1.82) is 0 Å². The lowest BCUT2D eigenvalue weighted by Gasteiger charge is -2.08. The fraction of sp³-hybridized carbons (Fsp3) is 0.417. The minimum absolute atomic E-state index is 0.228. The van der Waals surface area contributed by atoms with E-state index in [9.17, 15) is 0 Å². The van der Waals surface area contributed by atoms with Crippen molar-refractivity contribution in [2.45, 2.75) is 26.3 Å². The molecule has 0 aliphatic heterocycles. The third-order valence-corrected chi connectivity index (χ3v) is 3.09. The number of aromatic nitrogens is 3. The molecule has 18 heavy (non-hydrogen) atoms. The van der Waals surface area contributed by atoms with Gasteiger partial charge in [-0.05, 0) is 40.4 Å². The van der Waals surface area contributed by atoms with Crippen molar-refractivity contribution >= 4 is 15.9 Å². The van der Waals surface area contributed by atoms with Crippen LogP contribution in [-0.4, -0.2) is 15.1 Å². The molecule has 0 aromatic carbocycles. The summed E-state index contributed by atoms with van der Waals surface area (Å²) in [5, 5.41) is 3.92. The van der Waals surface area contributed by atoms with Gasteiger partial charge in [-0.25, -0.2) is 0 Å². The molecule has 0 aliphatic carbocycles. The van der Waals surface area contributed by atoms with Crippen LogP contribution in [0.15, 0.2) is 27.3 Å². The third-order valence-electron chi connectivity index (χ3n) is 2.45. The summed E-state index contributed by atoms with van der Waals surface area (Å²) in [4.78, 5) is 8.51. The van der Waals surface area contributed by atoms with E-state index in [0.29, 0.717) is 23.3 Å². The highest BCUT2D eigenvalue weighted by Gasteiger charge is 2.18. The molecule has 2 rings (SSSR count). The molecule has 0 unspecified atom stereocenters. The smallest absolute Gasteiger partial charge is 0.243 e. The van der Waals surface area contributed by atoms with Gasteiger partial charge in [-0.1, -0.05) is 19.0 Å². The molecular formula is C12H15BrN4O. The molecule has 0 bridgehead atoms. The molecule has 0 amide bonds. The first kappa shape index (κ1) is 13.2. The Balaban J connectivity index is 2.23. The summed E-state index contributed by atoms with van der Waals surface area (Å²) in [6.07, 6.45) is 2.50. The van der Waals surface area contributed by atoms with Gasteiger partial charge in [0.1, 0.15) is 5.69 Å². The summed E-state index contributed by atoms with van der Waals surface area (Å²) in [5.41, 5.74) is 6.65. The highest BCUT2D eigenvalue weighted by Crippen LogP contribution is 2.25. The zero-order chi connectivity index (χ0) is 13.1. The molecule has 0 aliphatic rings. The van der Waals surface area contributed by atoms with Crippen LogP contribution in [0.3, 0.4) is 0 Å². The lowest BCUT2D eigenvalue weighted by Crippen LogP contribution is -2.13. The van der Waals surface area contributed by atoms with Crippen molar-refractivity contribution in [1.82, 2.24) is 15.1 Å². The van der Waals surface area contributed by atoms with Crippen molar-refractivity contribution in [3.8, 4) is 11.5 Å². The lowest BCUT2D eigenvalue weighted by atomic mass is 10.0. The fourth-order valence-electron chi connectivity index (χ4n) is 1.64. The van der Waals surface area contributed by atoms with Gasteiger partial charge in [-0.2, -0.15) is 4.98 Å². The zero-order valence-electron chi connectivity index (χ0n) is 10.3. The Morgan fingerprint density at radius 2 is 2.22 bits per heavy atom. The molecule has 5 nitrogen and oxygen atoms in total. The van der Waals surface area contributed by atoms with Gasteiger partial charge in [0.2, 0.25) is 11.7 Å². The summed E-state index contributed by atoms with van der Waals surface area (Å²) < 4.78 is 6.02. The highest BCUT2D eigenvalue weighted by molar-refractivity contribution is 9.10.